The van der Waals surface area contributed by atoms with Crippen LogP contribution in [-0.2, 0) is 17.6 Å². The first kappa shape index (κ1) is 10.2. The minimum atomic E-state index is -0.319. The first-order valence-corrected chi connectivity index (χ1v) is 6.63. The topological polar surface area (TPSA) is 59.2 Å². The second-order valence-corrected chi connectivity index (χ2v) is 5.52. The maximum absolute atomic E-state index is 11.8. The molecule has 16 heavy (non-hydrogen) atoms. The molecule has 0 radical (unpaired) electrons. The molecule has 2 N–H and O–H groups in total. The molecule has 2 aliphatic rings. The number of hydrogen-bond donors (Lipinski definition) is 1. The molecule has 5 heteroatoms. The summed E-state index contributed by atoms with van der Waals surface area (Å²) in [5.74, 6) is 0.0334. The number of fused-ring (bicyclic) bond motifs is 1. The number of rotatable bonds is 1. The Balaban J connectivity index is 1.90. The molecule has 1 atom stereocenters. The number of hydrogen-bond acceptors (Lipinski definition) is 4. The van der Waals surface area contributed by atoms with Crippen LogP contribution in [0.15, 0.2) is 0 Å². The number of nitrogens with two attached hydrogens (primary N) is 1. The molecule has 1 unspecified atom stereocenters. The Morgan fingerprint density at radius 3 is 2.88 bits per heavy atom. The second-order valence-electron chi connectivity index (χ2n) is 4.46. The van der Waals surface area contributed by atoms with Crippen LogP contribution in [0.1, 0.15) is 29.8 Å². The molecule has 4 nitrogen and oxygen atoms in total. The van der Waals surface area contributed by atoms with Crippen LogP contribution < -0.4 is 10.6 Å². The van der Waals surface area contributed by atoms with Crippen molar-refractivity contribution in [1.82, 2.24) is 4.98 Å². The zero-order valence-electron chi connectivity index (χ0n) is 9.11. The summed E-state index contributed by atoms with van der Waals surface area (Å²) < 4.78 is 0. The summed E-state index contributed by atoms with van der Waals surface area (Å²) in [6.07, 6.45) is 5.43. The van der Waals surface area contributed by atoms with Crippen molar-refractivity contribution in [2.45, 2.75) is 38.1 Å². The first-order chi connectivity index (χ1) is 7.75. The van der Waals surface area contributed by atoms with E-state index in [9.17, 15) is 4.79 Å². The number of aryl methyl sites for hydroxylation is 2. The minimum Gasteiger partial charge on any atom is -0.320 e. The molecule has 2 heterocycles. The van der Waals surface area contributed by atoms with Crippen molar-refractivity contribution >= 4 is 22.4 Å². The fourth-order valence-corrected chi connectivity index (χ4v) is 3.53. The molecule has 1 aromatic heterocycles. The number of anilines is 1. The summed E-state index contributed by atoms with van der Waals surface area (Å²) in [7, 11) is 0. The van der Waals surface area contributed by atoms with Gasteiger partial charge in [0.25, 0.3) is 0 Å². The van der Waals surface area contributed by atoms with Gasteiger partial charge in [-0.2, -0.15) is 0 Å². The lowest BCUT2D eigenvalue weighted by atomic mass is 10.0. The van der Waals surface area contributed by atoms with Crippen molar-refractivity contribution in [3.8, 4) is 0 Å². The van der Waals surface area contributed by atoms with Gasteiger partial charge < -0.3 is 5.73 Å². The zero-order chi connectivity index (χ0) is 11.1. The predicted molar refractivity (Wildman–Crippen MR) is 63.7 cm³/mol. The molecule has 1 aliphatic carbocycles. The molecular formula is C11H15N3OS. The maximum atomic E-state index is 11.8. The number of carbonyl (C=O) groups excluding carboxylic acids is 1. The average molecular weight is 237 g/mol. The van der Waals surface area contributed by atoms with Gasteiger partial charge in [-0.25, -0.2) is 4.98 Å². The van der Waals surface area contributed by atoms with E-state index in [1.54, 1.807) is 16.2 Å². The summed E-state index contributed by atoms with van der Waals surface area (Å²) in [5.41, 5.74) is 6.92. The zero-order valence-corrected chi connectivity index (χ0v) is 9.92. The van der Waals surface area contributed by atoms with E-state index in [-0.39, 0.29) is 11.9 Å². The summed E-state index contributed by atoms with van der Waals surface area (Å²) >= 11 is 1.68. The molecule has 1 fully saturated rings. The van der Waals surface area contributed by atoms with E-state index in [2.05, 4.69) is 4.98 Å². The fraction of sp³-hybridized carbons (Fsp3) is 0.636. The van der Waals surface area contributed by atoms with Crippen molar-refractivity contribution in [3.05, 3.63) is 10.6 Å². The van der Waals surface area contributed by atoms with E-state index >= 15 is 0 Å². The monoisotopic (exact) mass is 237 g/mol. The molecule has 0 aromatic carbocycles. The molecule has 1 aliphatic heterocycles. The van der Waals surface area contributed by atoms with Gasteiger partial charge in [-0.3, -0.25) is 9.69 Å². The van der Waals surface area contributed by atoms with E-state index in [1.807, 2.05) is 0 Å². The third-order valence-corrected chi connectivity index (χ3v) is 4.49. The van der Waals surface area contributed by atoms with Crippen LogP contribution in [-0.4, -0.2) is 23.5 Å². The fourth-order valence-electron chi connectivity index (χ4n) is 2.35. The highest BCUT2D eigenvalue weighted by atomic mass is 32.1. The van der Waals surface area contributed by atoms with E-state index in [4.69, 9.17) is 5.73 Å². The minimum absolute atomic E-state index is 0.0334. The van der Waals surface area contributed by atoms with Crippen LogP contribution >= 0.6 is 11.3 Å². The lowest BCUT2D eigenvalue weighted by molar-refractivity contribution is -0.118. The van der Waals surface area contributed by atoms with Gasteiger partial charge in [-0.05, 0) is 32.1 Å². The Hall–Kier alpha value is -0.940. The third-order valence-electron chi connectivity index (χ3n) is 3.31. The summed E-state index contributed by atoms with van der Waals surface area (Å²) in [6, 6.07) is -0.319. The molecule has 0 spiro atoms. The molecule has 86 valence electrons. The van der Waals surface area contributed by atoms with Gasteiger partial charge in [-0.1, -0.05) is 0 Å². The molecule has 1 saturated heterocycles. The number of amides is 1. The Kier molecular flexibility index (Phi) is 2.44. The van der Waals surface area contributed by atoms with Gasteiger partial charge in [0.15, 0.2) is 5.13 Å². The first-order valence-electron chi connectivity index (χ1n) is 5.81. The SMILES string of the molecule is NC1CCN(c2nc3c(s2)CCCC3)C1=O. The van der Waals surface area contributed by atoms with Crippen LogP contribution in [0.25, 0.3) is 0 Å². The Morgan fingerprint density at radius 2 is 2.19 bits per heavy atom. The summed E-state index contributed by atoms with van der Waals surface area (Å²) in [6.45, 7) is 0.729. The lowest BCUT2D eigenvalue weighted by Crippen LogP contribution is -2.33. The van der Waals surface area contributed by atoms with Crippen LogP contribution in [0.2, 0.25) is 0 Å². The maximum Gasteiger partial charge on any atom is 0.245 e. The molecule has 0 saturated carbocycles. The highest BCUT2D eigenvalue weighted by Crippen LogP contribution is 2.33. The average Bonchev–Trinajstić information content (AvgIpc) is 2.84. The molecule has 3 rings (SSSR count). The second kappa shape index (κ2) is 3.82. The highest BCUT2D eigenvalue weighted by Gasteiger charge is 2.32. The van der Waals surface area contributed by atoms with Gasteiger partial charge >= 0.3 is 0 Å². The van der Waals surface area contributed by atoms with E-state index in [0.717, 1.165) is 30.9 Å². The van der Waals surface area contributed by atoms with Gasteiger partial charge in [0, 0.05) is 11.4 Å². The van der Waals surface area contributed by atoms with Crippen molar-refractivity contribution in [2.75, 3.05) is 11.4 Å². The van der Waals surface area contributed by atoms with Crippen LogP contribution in [0.5, 0.6) is 0 Å². The largest absolute Gasteiger partial charge is 0.320 e. The number of nitrogens with zero attached hydrogens (tertiary/aromatic N) is 2. The number of aromatic nitrogens is 1. The molecule has 1 aromatic rings. The molecule has 1 amide bonds. The Labute approximate surface area is 98.5 Å². The van der Waals surface area contributed by atoms with Crippen LogP contribution in [0, 0.1) is 0 Å². The van der Waals surface area contributed by atoms with Crippen molar-refractivity contribution < 1.29 is 4.79 Å². The summed E-state index contributed by atoms with van der Waals surface area (Å²) in [4.78, 5) is 19.5. The predicted octanol–water partition coefficient (Wildman–Crippen LogP) is 1.09. The third kappa shape index (κ3) is 1.55. The quantitative estimate of drug-likeness (QED) is 0.795. The normalized spacial score (nSPS) is 24.9. The van der Waals surface area contributed by atoms with E-state index < -0.39 is 0 Å². The van der Waals surface area contributed by atoms with Gasteiger partial charge in [0.05, 0.1) is 11.7 Å². The van der Waals surface area contributed by atoms with Crippen LogP contribution in [0.4, 0.5) is 5.13 Å². The highest BCUT2D eigenvalue weighted by molar-refractivity contribution is 7.16. The number of thiazole rings is 1. The molecule has 0 bridgehead atoms. The smallest absolute Gasteiger partial charge is 0.245 e. The number of carbonyl (C=O) groups is 1. The van der Waals surface area contributed by atoms with Gasteiger partial charge in [0.2, 0.25) is 5.91 Å². The van der Waals surface area contributed by atoms with Gasteiger partial charge in [0.1, 0.15) is 0 Å². The van der Waals surface area contributed by atoms with E-state index in [1.165, 1.54) is 23.4 Å². The van der Waals surface area contributed by atoms with Crippen molar-refractivity contribution in [2.24, 2.45) is 5.73 Å². The van der Waals surface area contributed by atoms with Gasteiger partial charge in [-0.15, -0.1) is 11.3 Å². The van der Waals surface area contributed by atoms with Crippen molar-refractivity contribution in [1.29, 1.82) is 0 Å². The Morgan fingerprint density at radius 1 is 1.38 bits per heavy atom. The van der Waals surface area contributed by atoms with Crippen molar-refractivity contribution in [3.63, 3.8) is 0 Å². The lowest BCUT2D eigenvalue weighted by Gasteiger charge is -2.11. The van der Waals surface area contributed by atoms with E-state index in [0.29, 0.717) is 0 Å². The Bertz CT molecular complexity index is 405. The standard InChI is InChI=1S/C11H15N3OS/c12-7-5-6-14(10(7)15)11-13-8-3-1-2-4-9(8)16-11/h7H,1-6,12H2. The summed E-state index contributed by atoms with van der Waals surface area (Å²) in [5, 5.41) is 0.866. The van der Waals surface area contributed by atoms with Crippen LogP contribution in [0.3, 0.4) is 0 Å². The molecular weight excluding hydrogens is 222 g/mol.